The maximum absolute atomic E-state index is 5.40. The van der Waals surface area contributed by atoms with E-state index < -0.39 is 0 Å². The minimum absolute atomic E-state index is 0.354. The lowest BCUT2D eigenvalue weighted by Crippen LogP contribution is -2.46. The molecule has 1 N–H and O–H groups in total. The molecule has 2 fully saturated rings. The van der Waals surface area contributed by atoms with Gasteiger partial charge in [-0.2, -0.15) is 5.10 Å². The van der Waals surface area contributed by atoms with Crippen molar-refractivity contribution in [1.29, 1.82) is 0 Å². The van der Waals surface area contributed by atoms with Gasteiger partial charge in [-0.1, -0.05) is 0 Å². The predicted octanol–water partition coefficient (Wildman–Crippen LogP) is 0.421. The fourth-order valence-electron chi connectivity index (χ4n) is 3.07. The molecule has 0 amide bonds. The van der Waals surface area contributed by atoms with E-state index in [-0.39, 0.29) is 0 Å². The number of H-pyrrole nitrogens is 1. The second-order valence-corrected chi connectivity index (χ2v) is 6.01. The van der Waals surface area contributed by atoms with Gasteiger partial charge in [-0.25, -0.2) is 15.0 Å². The highest BCUT2D eigenvalue weighted by Crippen LogP contribution is 2.22. The molecule has 0 bridgehead atoms. The summed E-state index contributed by atoms with van der Waals surface area (Å²) in [6.07, 6.45) is 4.60. The van der Waals surface area contributed by atoms with Crippen LogP contribution in [0.15, 0.2) is 18.5 Å². The maximum atomic E-state index is 5.40. The zero-order valence-electron chi connectivity index (χ0n) is 13.1. The van der Waals surface area contributed by atoms with Crippen molar-refractivity contribution < 1.29 is 4.74 Å². The quantitative estimate of drug-likeness (QED) is 0.875. The first-order valence-electron chi connectivity index (χ1n) is 8.12. The van der Waals surface area contributed by atoms with Crippen LogP contribution >= 0.6 is 0 Å². The molecule has 4 heterocycles. The number of hydrogen-bond acceptors (Lipinski definition) is 7. The smallest absolute Gasteiger partial charge is 0.225 e. The Morgan fingerprint density at radius 2 is 2.00 bits per heavy atom. The average Bonchev–Trinajstić information content (AvgIpc) is 3.28. The third kappa shape index (κ3) is 3.32. The van der Waals surface area contributed by atoms with E-state index in [0.29, 0.717) is 5.92 Å². The van der Waals surface area contributed by atoms with Crippen LogP contribution in [-0.2, 0) is 11.3 Å². The van der Waals surface area contributed by atoms with Crippen molar-refractivity contribution in [2.24, 2.45) is 0 Å². The molecule has 0 aliphatic carbocycles. The number of aromatic amines is 1. The summed E-state index contributed by atoms with van der Waals surface area (Å²) >= 11 is 0. The summed E-state index contributed by atoms with van der Waals surface area (Å²) in [4.78, 5) is 17.9. The van der Waals surface area contributed by atoms with Crippen LogP contribution in [-0.4, -0.2) is 69.4 Å². The first-order chi connectivity index (χ1) is 11.4. The number of aromatic nitrogens is 5. The van der Waals surface area contributed by atoms with Crippen LogP contribution in [0.5, 0.6) is 0 Å². The van der Waals surface area contributed by atoms with Gasteiger partial charge in [0.2, 0.25) is 5.95 Å². The fourth-order valence-corrected chi connectivity index (χ4v) is 3.07. The van der Waals surface area contributed by atoms with E-state index in [9.17, 15) is 0 Å². The Morgan fingerprint density at radius 1 is 1.17 bits per heavy atom. The first kappa shape index (κ1) is 14.5. The van der Waals surface area contributed by atoms with Gasteiger partial charge in [0, 0.05) is 51.1 Å². The minimum atomic E-state index is 0.354. The highest BCUT2D eigenvalue weighted by molar-refractivity contribution is 5.29. The van der Waals surface area contributed by atoms with Crippen LogP contribution in [0.1, 0.15) is 24.0 Å². The Hall–Kier alpha value is -2.06. The lowest BCUT2D eigenvalue weighted by Gasteiger charge is -2.34. The number of hydrogen-bond donors (Lipinski definition) is 1. The Kier molecular flexibility index (Phi) is 4.16. The molecule has 8 heteroatoms. The molecule has 4 rings (SSSR count). The molecule has 0 saturated carbocycles. The van der Waals surface area contributed by atoms with Crippen molar-refractivity contribution in [2.45, 2.75) is 18.9 Å². The average molecular weight is 315 g/mol. The molecule has 23 heavy (non-hydrogen) atoms. The number of nitrogens with zero attached hydrogens (tertiary/aromatic N) is 6. The highest BCUT2D eigenvalue weighted by Gasteiger charge is 2.23. The standard InChI is InChI=1S/C15H21N7O/c1-3-16-15(17-4-1)22-7-5-21(6-8-22)10-13-18-14(20-19-13)12-2-9-23-11-12/h1,3-4,12H,2,5-11H2,(H,18,19,20). The van der Waals surface area contributed by atoms with Gasteiger partial charge in [-0.3, -0.25) is 10.00 Å². The number of nitrogens with one attached hydrogen (secondary N) is 1. The van der Waals surface area contributed by atoms with Crippen molar-refractivity contribution in [3.63, 3.8) is 0 Å². The maximum Gasteiger partial charge on any atom is 0.225 e. The summed E-state index contributed by atoms with van der Waals surface area (Å²) in [5.41, 5.74) is 0. The zero-order chi connectivity index (χ0) is 15.5. The molecule has 2 aliphatic rings. The van der Waals surface area contributed by atoms with E-state index in [2.05, 4.69) is 34.9 Å². The van der Waals surface area contributed by atoms with Gasteiger partial charge in [-0.05, 0) is 12.5 Å². The van der Waals surface area contributed by atoms with E-state index in [4.69, 9.17) is 4.74 Å². The molecule has 1 unspecified atom stereocenters. The predicted molar refractivity (Wildman–Crippen MR) is 84.1 cm³/mol. The van der Waals surface area contributed by atoms with Gasteiger partial charge < -0.3 is 9.64 Å². The number of rotatable bonds is 4. The molecular formula is C15H21N7O. The van der Waals surface area contributed by atoms with Gasteiger partial charge in [-0.15, -0.1) is 0 Å². The molecule has 2 aromatic rings. The number of ether oxygens (including phenoxy) is 1. The molecule has 2 saturated heterocycles. The SMILES string of the molecule is c1cnc(N2CCN(Cc3nc(C4CCOC4)n[nH]3)CC2)nc1. The van der Waals surface area contributed by atoms with E-state index in [1.165, 1.54) is 0 Å². The van der Waals surface area contributed by atoms with Gasteiger partial charge >= 0.3 is 0 Å². The van der Waals surface area contributed by atoms with Crippen molar-refractivity contribution in [2.75, 3.05) is 44.3 Å². The fraction of sp³-hybridized carbons (Fsp3) is 0.600. The second kappa shape index (κ2) is 6.59. The van der Waals surface area contributed by atoms with E-state index >= 15 is 0 Å². The number of piperazine rings is 1. The Morgan fingerprint density at radius 3 is 2.74 bits per heavy atom. The summed E-state index contributed by atoms with van der Waals surface area (Å²) in [6, 6.07) is 1.84. The lowest BCUT2D eigenvalue weighted by molar-refractivity contribution is 0.193. The molecule has 2 aromatic heterocycles. The van der Waals surface area contributed by atoms with Crippen LogP contribution < -0.4 is 4.90 Å². The molecule has 1 atom stereocenters. The van der Waals surface area contributed by atoms with Crippen LogP contribution in [0.25, 0.3) is 0 Å². The minimum Gasteiger partial charge on any atom is -0.381 e. The van der Waals surface area contributed by atoms with Crippen molar-refractivity contribution in [1.82, 2.24) is 30.0 Å². The molecule has 0 spiro atoms. The Labute approximate surface area is 134 Å². The molecule has 2 aliphatic heterocycles. The van der Waals surface area contributed by atoms with E-state index in [1.54, 1.807) is 12.4 Å². The normalized spacial score (nSPS) is 22.6. The topological polar surface area (TPSA) is 83.1 Å². The molecule has 0 radical (unpaired) electrons. The molecule has 0 aromatic carbocycles. The van der Waals surface area contributed by atoms with Crippen molar-refractivity contribution >= 4 is 5.95 Å². The first-order valence-corrected chi connectivity index (χ1v) is 8.12. The molecule has 8 nitrogen and oxygen atoms in total. The summed E-state index contributed by atoms with van der Waals surface area (Å²) in [6.45, 7) is 6.18. The van der Waals surface area contributed by atoms with Crippen LogP contribution in [0, 0.1) is 0 Å². The summed E-state index contributed by atoms with van der Waals surface area (Å²) in [5.74, 6) is 3.01. The summed E-state index contributed by atoms with van der Waals surface area (Å²) in [7, 11) is 0. The lowest BCUT2D eigenvalue weighted by atomic mass is 10.1. The van der Waals surface area contributed by atoms with Crippen molar-refractivity contribution in [3.8, 4) is 0 Å². The monoisotopic (exact) mass is 315 g/mol. The van der Waals surface area contributed by atoms with Crippen LogP contribution in [0.4, 0.5) is 5.95 Å². The summed E-state index contributed by atoms with van der Waals surface area (Å²) in [5, 5.41) is 7.43. The largest absolute Gasteiger partial charge is 0.381 e. The number of anilines is 1. The van der Waals surface area contributed by atoms with Gasteiger partial charge in [0.15, 0.2) is 5.82 Å². The van der Waals surface area contributed by atoms with Gasteiger partial charge in [0.05, 0.1) is 13.2 Å². The van der Waals surface area contributed by atoms with Crippen LogP contribution in [0.3, 0.4) is 0 Å². The Balaban J connectivity index is 1.31. The van der Waals surface area contributed by atoms with Crippen molar-refractivity contribution in [3.05, 3.63) is 30.1 Å². The third-order valence-electron chi connectivity index (χ3n) is 4.42. The van der Waals surface area contributed by atoms with E-state index in [1.807, 2.05) is 6.07 Å². The highest BCUT2D eigenvalue weighted by atomic mass is 16.5. The molecular weight excluding hydrogens is 294 g/mol. The van der Waals surface area contributed by atoms with Gasteiger partial charge in [0.25, 0.3) is 0 Å². The molecule has 122 valence electrons. The summed E-state index contributed by atoms with van der Waals surface area (Å²) < 4.78 is 5.40. The third-order valence-corrected chi connectivity index (χ3v) is 4.42. The Bertz CT molecular complexity index is 618. The van der Waals surface area contributed by atoms with E-state index in [0.717, 1.165) is 70.0 Å². The van der Waals surface area contributed by atoms with Gasteiger partial charge in [0.1, 0.15) is 5.82 Å². The second-order valence-electron chi connectivity index (χ2n) is 6.01. The van der Waals surface area contributed by atoms with Crippen LogP contribution in [0.2, 0.25) is 0 Å². The zero-order valence-corrected chi connectivity index (χ0v) is 13.1.